The van der Waals surface area contributed by atoms with Gasteiger partial charge in [0.1, 0.15) is 5.82 Å². The molecule has 0 heterocycles. The van der Waals surface area contributed by atoms with Crippen LogP contribution in [0.3, 0.4) is 0 Å². The first-order valence-corrected chi connectivity index (χ1v) is 6.80. The van der Waals surface area contributed by atoms with Gasteiger partial charge in [-0.2, -0.15) is 0 Å². The molecule has 20 heavy (non-hydrogen) atoms. The highest BCUT2D eigenvalue weighted by molar-refractivity contribution is 5.92. The summed E-state index contributed by atoms with van der Waals surface area (Å²) in [7, 11) is 0. The molecule has 110 valence electrons. The molecule has 0 aliphatic rings. The molecule has 4 heteroatoms. The lowest BCUT2D eigenvalue weighted by atomic mass is 9.90. The lowest BCUT2D eigenvalue weighted by Gasteiger charge is -2.30. The highest BCUT2D eigenvalue weighted by atomic mass is 19.1. The van der Waals surface area contributed by atoms with Crippen LogP contribution in [-0.2, 0) is 4.79 Å². The van der Waals surface area contributed by atoms with Crippen molar-refractivity contribution in [3.63, 3.8) is 0 Å². The van der Waals surface area contributed by atoms with E-state index in [4.69, 9.17) is 5.73 Å². The van der Waals surface area contributed by atoms with Crippen molar-refractivity contribution in [3.05, 3.63) is 41.7 Å². The monoisotopic (exact) mass is 278 g/mol. The zero-order valence-electron chi connectivity index (χ0n) is 12.3. The maximum atomic E-state index is 12.8. The van der Waals surface area contributed by atoms with E-state index in [1.807, 2.05) is 6.92 Å². The fourth-order valence-electron chi connectivity index (χ4n) is 2.17. The lowest BCUT2D eigenvalue weighted by molar-refractivity contribution is -0.118. The van der Waals surface area contributed by atoms with E-state index < -0.39 is 5.54 Å². The van der Waals surface area contributed by atoms with Gasteiger partial charge >= 0.3 is 0 Å². The van der Waals surface area contributed by atoms with E-state index in [-0.39, 0.29) is 11.7 Å². The SMILES string of the molecule is CC(C)CC(C)(CN)NC(=O)/C=C/c1ccc(F)cc1. The summed E-state index contributed by atoms with van der Waals surface area (Å²) in [6.07, 6.45) is 3.92. The van der Waals surface area contributed by atoms with Crippen molar-refractivity contribution in [3.8, 4) is 0 Å². The highest BCUT2D eigenvalue weighted by Gasteiger charge is 2.24. The number of amides is 1. The van der Waals surface area contributed by atoms with Crippen LogP contribution in [0, 0.1) is 11.7 Å². The van der Waals surface area contributed by atoms with E-state index in [2.05, 4.69) is 19.2 Å². The standard InChI is InChI=1S/C16H23FN2O/c1-12(2)10-16(3,11-18)19-15(20)9-6-13-4-7-14(17)8-5-13/h4-9,12H,10-11,18H2,1-3H3,(H,19,20)/b9-6+. The molecule has 0 spiro atoms. The van der Waals surface area contributed by atoms with Gasteiger partial charge in [0.05, 0.1) is 0 Å². The van der Waals surface area contributed by atoms with Crippen LogP contribution in [0.15, 0.2) is 30.3 Å². The van der Waals surface area contributed by atoms with Crippen LogP contribution >= 0.6 is 0 Å². The number of nitrogens with one attached hydrogen (secondary N) is 1. The Morgan fingerprint density at radius 3 is 2.50 bits per heavy atom. The Hall–Kier alpha value is -1.68. The van der Waals surface area contributed by atoms with Gasteiger partial charge in [-0.15, -0.1) is 0 Å². The smallest absolute Gasteiger partial charge is 0.244 e. The molecule has 1 amide bonds. The Labute approximate surface area is 120 Å². The van der Waals surface area contributed by atoms with Crippen molar-refractivity contribution in [2.45, 2.75) is 32.7 Å². The first-order valence-electron chi connectivity index (χ1n) is 6.80. The van der Waals surface area contributed by atoms with E-state index in [1.54, 1.807) is 18.2 Å². The number of hydrogen-bond donors (Lipinski definition) is 2. The lowest BCUT2D eigenvalue weighted by Crippen LogP contribution is -2.51. The van der Waals surface area contributed by atoms with Crippen LogP contribution in [0.4, 0.5) is 4.39 Å². The third-order valence-electron chi connectivity index (χ3n) is 3.03. The van der Waals surface area contributed by atoms with Gasteiger partial charge in [-0.3, -0.25) is 4.79 Å². The molecule has 0 radical (unpaired) electrons. The van der Waals surface area contributed by atoms with Gasteiger partial charge in [0.15, 0.2) is 0 Å². The van der Waals surface area contributed by atoms with Crippen LogP contribution in [0.25, 0.3) is 6.08 Å². The van der Waals surface area contributed by atoms with Crippen LogP contribution in [0.5, 0.6) is 0 Å². The van der Waals surface area contributed by atoms with E-state index >= 15 is 0 Å². The van der Waals surface area contributed by atoms with Crippen molar-refractivity contribution < 1.29 is 9.18 Å². The summed E-state index contributed by atoms with van der Waals surface area (Å²) in [6.45, 7) is 6.51. The molecule has 0 saturated heterocycles. The minimum absolute atomic E-state index is 0.192. The molecular weight excluding hydrogens is 255 g/mol. The molecule has 3 N–H and O–H groups in total. The van der Waals surface area contributed by atoms with E-state index in [0.717, 1.165) is 12.0 Å². The highest BCUT2D eigenvalue weighted by Crippen LogP contribution is 2.15. The van der Waals surface area contributed by atoms with Crippen molar-refractivity contribution in [2.24, 2.45) is 11.7 Å². The second kappa shape index (κ2) is 7.20. The fourth-order valence-corrected chi connectivity index (χ4v) is 2.17. The number of halogens is 1. The zero-order valence-corrected chi connectivity index (χ0v) is 12.3. The van der Waals surface area contributed by atoms with E-state index in [9.17, 15) is 9.18 Å². The molecule has 1 unspecified atom stereocenters. The topological polar surface area (TPSA) is 55.1 Å². The van der Waals surface area contributed by atoms with Crippen molar-refractivity contribution >= 4 is 12.0 Å². The number of carbonyl (C=O) groups excluding carboxylic acids is 1. The van der Waals surface area contributed by atoms with E-state index in [0.29, 0.717) is 12.5 Å². The first-order chi connectivity index (χ1) is 9.34. The minimum atomic E-state index is -0.404. The Bertz CT molecular complexity index is 468. The molecule has 0 bridgehead atoms. The Kier molecular flexibility index (Phi) is 5.89. The Morgan fingerprint density at radius 1 is 1.40 bits per heavy atom. The number of rotatable bonds is 6. The second-order valence-electron chi connectivity index (χ2n) is 5.74. The zero-order chi connectivity index (χ0) is 15.2. The van der Waals surface area contributed by atoms with Gasteiger partial charge in [-0.1, -0.05) is 26.0 Å². The molecule has 0 aliphatic carbocycles. The molecule has 1 aromatic carbocycles. The summed E-state index contributed by atoms with van der Waals surface area (Å²) in [5, 5.41) is 2.93. The summed E-state index contributed by atoms with van der Waals surface area (Å²) >= 11 is 0. The van der Waals surface area contributed by atoms with Gasteiger partial charge in [-0.05, 0) is 43.0 Å². The minimum Gasteiger partial charge on any atom is -0.346 e. The van der Waals surface area contributed by atoms with Crippen molar-refractivity contribution in [1.29, 1.82) is 0 Å². The predicted molar refractivity (Wildman–Crippen MR) is 80.5 cm³/mol. The van der Waals surface area contributed by atoms with Gasteiger partial charge in [0.2, 0.25) is 5.91 Å². The van der Waals surface area contributed by atoms with E-state index in [1.165, 1.54) is 18.2 Å². The fraction of sp³-hybridized carbons (Fsp3) is 0.438. The third kappa shape index (κ3) is 5.53. The number of benzene rings is 1. The number of nitrogens with two attached hydrogens (primary N) is 1. The van der Waals surface area contributed by atoms with Crippen LogP contribution in [0.1, 0.15) is 32.8 Å². The molecule has 1 rings (SSSR count). The summed E-state index contributed by atoms with van der Waals surface area (Å²) < 4.78 is 12.8. The molecule has 1 aromatic rings. The molecular formula is C16H23FN2O. The van der Waals surface area contributed by atoms with Gasteiger partial charge in [0, 0.05) is 18.2 Å². The maximum absolute atomic E-state index is 12.8. The molecule has 1 atom stereocenters. The Balaban J connectivity index is 2.64. The number of hydrogen-bond acceptors (Lipinski definition) is 2. The van der Waals surface area contributed by atoms with Crippen molar-refractivity contribution in [1.82, 2.24) is 5.32 Å². The first kappa shape index (κ1) is 16.4. The summed E-state index contributed by atoms with van der Waals surface area (Å²) in [5.74, 6) is -0.0351. The van der Waals surface area contributed by atoms with Crippen molar-refractivity contribution in [2.75, 3.05) is 6.54 Å². The average Bonchev–Trinajstić information content (AvgIpc) is 2.37. The summed E-state index contributed by atoms with van der Waals surface area (Å²) in [5.41, 5.74) is 6.12. The molecule has 0 aliphatic heterocycles. The number of carbonyl (C=O) groups is 1. The summed E-state index contributed by atoms with van der Waals surface area (Å²) in [6, 6.07) is 5.96. The largest absolute Gasteiger partial charge is 0.346 e. The molecule has 3 nitrogen and oxygen atoms in total. The van der Waals surface area contributed by atoms with Gasteiger partial charge < -0.3 is 11.1 Å². The van der Waals surface area contributed by atoms with Crippen LogP contribution in [0.2, 0.25) is 0 Å². The van der Waals surface area contributed by atoms with Gasteiger partial charge in [0.25, 0.3) is 0 Å². The third-order valence-corrected chi connectivity index (χ3v) is 3.03. The molecule has 0 aromatic heterocycles. The second-order valence-corrected chi connectivity index (χ2v) is 5.74. The summed E-state index contributed by atoms with van der Waals surface area (Å²) in [4.78, 5) is 11.9. The maximum Gasteiger partial charge on any atom is 0.244 e. The van der Waals surface area contributed by atoms with Gasteiger partial charge in [-0.25, -0.2) is 4.39 Å². The van der Waals surface area contributed by atoms with Crippen LogP contribution < -0.4 is 11.1 Å². The van der Waals surface area contributed by atoms with Crippen LogP contribution in [-0.4, -0.2) is 18.0 Å². The predicted octanol–water partition coefficient (Wildman–Crippen LogP) is 2.72. The molecule has 0 fully saturated rings. The Morgan fingerprint density at radius 2 is 2.00 bits per heavy atom. The quantitative estimate of drug-likeness (QED) is 0.786. The molecule has 0 saturated carbocycles. The average molecular weight is 278 g/mol. The normalized spacial score (nSPS) is 14.5.